The summed E-state index contributed by atoms with van der Waals surface area (Å²) in [5, 5.41) is 3.67. The summed E-state index contributed by atoms with van der Waals surface area (Å²) >= 11 is 0. The van der Waals surface area contributed by atoms with Gasteiger partial charge in [-0.3, -0.25) is 4.72 Å². The van der Waals surface area contributed by atoms with Crippen molar-refractivity contribution in [3.63, 3.8) is 0 Å². The van der Waals surface area contributed by atoms with Gasteiger partial charge in [0.1, 0.15) is 5.75 Å². The molecule has 3 aromatic carbocycles. The number of benzene rings is 3. The predicted octanol–water partition coefficient (Wildman–Crippen LogP) is 5.88. The Labute approximate surface area is 195 Å². The molecule has 0 fully saturated rings. The number of methoxy groups -OCH3 is 1. The van der Waals surface area contributed by atoms with E-state index < -0.39 is 10.0 Å². The number of aryl methyl sites for hydroxylation is 1. The molecule has 0 saturated heterocycles. The minimum Gasteiger partial charge on any atom is -0.497 e. The quantitative estimate of drug-likeness (QED) is 0.451. The Hall–Kier alpha value is -3.25. The molecule has 5 nitrogen and oxygen atoms in total. The average Bonchev–Trinajstić information content (AvgIpc) is 3.34. The number of hydrogen-bond acceptors (Lipinski definition) is 4. The molecule has 2 N–H and O–H groups in total. The van der Waals surface area contributed by atoms with Crippen LogP contribution in [0.1, 0.15) is 42.0 Å². The summed E-state index contributed by atoms with van der Waals surface area (Å²) in [5.74, 6) is 1.34. The lowest BCUT2D eigenvalue weighted by molar-refractivity contribution is 0.411. The first-order valence-corrected chi connectivity index (χ1v) is 12.8. The van der Waals surface area contributed by atoms with E-state index >= 15 is 0 Å². The molecule has 3 aromatic rings. The van der Waals surface area contributed by atoms with Gasteiger partial charge in [0.25, 0.3) is 10.0 Å². The zero-order valence-corrected chi connectivity index (χ0v) is 19.6. The molecule has 0 saturated carbocycles. The standard InChI is InChI=1S/C27H28N2O3S/c1-3-18-7-4-5-10-25(18)29-33(30,31)21-15-16-26-24(17-21)22-8-6-9-23(22)27(28-26)19-11-13-20(32-2)14-12-19/h4-8,10-17,22-23,27-29H,3,9H2,1-2H3/t22-,23+,27+/m0/s1. The molecular formula is C27H28N2O3S. The molecule has 1 heterocycles. The molecule has 3 atom stereocenters. The minimum absolute atomic E-state index is 0.153. The fourth-order valence-corrected chi connectivity index (χ4v) is 6.15. The van der Waals surface area contributed by atoms with E-state index in [9.17, 15) is 8.42 Å². The lowest BCUT2D eigenvalue weighted by Gasteiger charge is -2.37. The Balaban J connectivity index is 1.47. The van der Waals surface area contributed by atoms with Crippen LogP contribution in [0.15, 0.2) is 83.8 Å². The van der Waals surface area contributed by atoms with E-state index in [-0.39, 0.29) is 16.9 Å². The van der Waals surface area contributed by atoms with Gasteiger partial charge in [0, 0.05) is 11.6 Å². The topological polar surface area (TPSA) is 67.4 Å². The van der Waals surface area contributed by atoms with Crippen molar-refractivity contribution >= 4 is 21.4 Å². The van der Waals surface area contributed by atoms with Crippen LogP contribution in [0.4, 0.5) is 11.4 Å². The molecule has 0 spiro atoms. The molecule has 170 valence electrons. The van der Waals surface area contributed by atoms with Crippen LogP contribution in [0, 0.1) is 5.92 Å². The second kappa shape index (κ2) is 8.60. The van der Waals surface area contributed by atoms with Crippen molar-refractivity contribution in [3.8, 4) is 5.75 Å². The third kappa shape index (κ3) is 4.00. The Bertz CT molecular complexity index is 1300. The maximum absolute atomic E-state index is 13.2. The van der Waals surface area contributed by atoms with E-state index in [0.717, 1.165) is 35.4 Å². The maximum Gasteiger partial charge on any atom is 0.261 e. The lowest BCUT2D eigenvalue weighted by Crippen LogP contribution is -2.29. The van der Waals surface area contributed by atoms with E-state index in [1.807, 2.05) is 55.5 Å². The zero-order chi connectivity index (χ0) is 23.0. The molecule has 2 aliphatic rings. The summed E-state index contributed by atoms with van der Waals surface area (Å²) in [4.78, 5) is 0.288. The second-order valence-electron chi connectivity index (χ2n) is 8.61. The van der Waals surface area contributed by atoms with E-state index in [1.54, 1.807) is 13.2 Å². The number of sulfonamides is 1. The van der Waals surface area contributed by atoms with Crippen molar-refractivity contribution < 1.29 is 13.2 Å². The number of para-hydroxylation sites is 1. The summed E-state index contributed by atoms with van der Waals surface area (Å²) in [6, 6.07) is 21.3. The highest BCUT2D eigenvalue weighted by Gasteiger charge is 2.38. The molecular weight excluding hydrogens is 432 g/mol. The van der Waals surface area contributed by atoms with Crippen LogP contribution in [-0.2, 0) is 16.4 Å². The van der Waals surface area contributed by atoms with Gasteiger partial charge in [-0.1, -0.05) is 49.4 Å². The summed E-state index contributed by atoms with van der Waals surface area (Å²) < 4.78 is 34.6. The van der Waals surface area contributed by atoms with E-state index in [0.29, 0.717) is 11.6 Å². The Morgan fingerprint density at radius 2 is 1.85 bits per heavy atom. The Morgan fingerprint density at radius 3 is 2.61 bits per heavy atom. The van der Waals surface area contributed by atoms with Crippen molar-refractivity contribution in [1.82, 2.24) is 0 Å². The average molecular weight is 461 g/mol. The normalized spacial score (nSPS) is 21.1. The van der Waals surface area contributed by atoms with E-state index in [1.165, 1.54) is 5.56 Å². The van der Waals surface area contributed by atoms with Crippen molar-refractivity contribution in [2.24, 2.45) is 5.92 Å². The van der Waals surface area contributed by atoms with Gasteiger partial charge < -0.3 is 10.1 Å². The molecule has 6 heteroatoms. The molecule has 1 aliphatic heterocycles. The van der Waals surface area contributed by atoms with Crippen LogP contribution in [0.2, 0.25) is 0 Å². The number of nitrogens with one attached hydrogen (secondary N) is 2. The van der Waals surface area contributed by atoms with E-state index in [2.05, 4.69) is 34.3 Å². The molecule has 33 heavy (non-hydrogen) atoms. The molecule has 1 aliphatic carbocycles. The summed E-state index contributed by atoms with van der Waals surface area (Å²) in [6.45, 7) is 2.02. The molecule has 0 amide bonds. The number of hydrogen-bond donors (Lipinski definition) is 2. The van der Waals surface area contributed by atoms with Gasteiger partial charge in [-0.05, 0) is 71.8 Å². The first kappa shape index (κ1) is 21.6. The van der Waals surface area contributed by atoms with Crippen molar-refractivity contribution in [2.45, 2.75) is 36.6 Å². The Morgan fingerprint density at radius 1 is 1.06 bits per heavy atom. The fourth-order valence-electron chi connectivity index (χ4n) is 5.01. The number of rotatable bonds is 6. The van der Waals surface area contributed by atoms with Crippen LogP contribution in [0.25, 0.3) is 0 Å². The van der Waals surface area contributed by atoms with Crippen LogP contribution in [-0.4, -0.2) is 15.5 Å². The fraction of sp³-hybridized carbons (Fsp3) is 0.259. The number of fused-ring (bicyclic) bond motifs is 3. The van der Waals surface area contributed by atoms with Gasteiger partial charge in [-0.2, -0.15) is 0 Å². The highest BCUT2D eigenvalue weighted by molar-refractivity contribution is 7.92. The first-order chi connectivity index (χ1) is 16.0. The van der Waals surface area contributed by atoms with E-state index in [4.69, 9.17) is 4.74 Å². The summed E-state index contributed by atoms with van der Waals surface area (Å²) in [7, 11) is -2.03. The van der Waals surface area contributed by atoms with Crippen LogP contribution < -0.4 is 14.8 Å². The third-order valence-corrected chi connectivity index (χ3v) is 8.13. The van der Waals surface area contributed by atoms with Gasteiger partial charge in [0.05, 0.1) is 23.7 Å². The minimum atomic E-state index is -3.70. The highest BCUT2D eigenvalue weighted by atomic mass is 32.2. The molecule has 0 aromatic heterocycles. The van der Waals surface area contributed by atoms with Crippen molar-refractivity contribution in [2.75, 3.05) is 17.1 Å². The van der Waals surface area contributed by atoms with Crippen molar-refractivity contribution in [3.05, 3.63) is 95.6 Å². The zero-order valence-electron chi connectivity index (χ0n) is 18.8. The predicted molar refractivity (Wildman–Crippen MR) is 132 cm³/mol. The van der Waals surface area contributed by atoms with Gasteiger partial charge >= 0.3 is 0 Å². The number of ether oxygens (including phenoxy) is 1. The SMILES string of the molecule is CCc1ccccc1NS(=O)(=O)c1ccc2c(c1)[C@H]1C=CC[C@H]1[C@@H](c1ccc(OC)cc1)N2. The number of allylic oxidation sites excluding steroid dienone is 2. The van der Waals surface area contributed by atoms with Crippen LogP contribution in [0.3, 0.4) is 0 Å². The lowest BCUT2D eigenvalue weighted by atomic mass is 9.77. The summed E-state index contributed by atoms with van der Waals surface area (Å²) in [6.07, 6.45) is 6.14. The second-order valence-corrected chi connectivity index (χ2v) is 10.3. The molecule has 5 rings (SSSR count). The molecule has 0 radical (unpaired) electrons. The van der Waals surface area contributed by atoms with Crippen LogP contribution >= 0.6 is 0 Å². The monoisotopic (exact) mass is 460 g/mol. The highest BCUT2D eigenvalue weighted by Crippen LogP contribution is 2.50. The first-order valence-electron chi connectivity index (χ1n) is 11.3. The number of anilines is 2. The maximum atomic E-state index is 13.2. The largest absolute Gasteiger partial charge is 0.497 e. The third-order valence-electron chi connectivity index (χ3n) is 6.76. The molecule has 0 unspecified atom stereocenters. The van der Waals surface area contributed by atoms with Crippen LogP contribution in [0.5, 0.6) is 5.75 Å². The summed E-state index contributed by atoms with van der Waals surface area (Å²) in [5.41, 5.74) is 4.83. The molecule has 0 bridgehead atoms. The Kier molecular flexibility index (Phi) is 5.62. The van der Waals surface area contributed by atoms with Gasteiger partial charge in [-0.25, -0.2) is 8.42 Å². The van der Waals surface area contributed by atoms with Gasteiger partial charge in [0.2, 0.25) is 0 Å². The van der Waals surface area contributed by atoms with Crippen molar-refractivity contribution in [1.29, 1.82) is 0 Å². The van der Waals surface area contributed by atoms with Gasteiger partial charge in [0.15, 0.2) is 0 Å². The van der Waals surface area contributed by atoms with Gasteiger partial charge in [-0.15, -0.1) is 0 Å². The smallest absolute Gasteiger partial charge is 0.261 e.